The van der Waals surface area contributed by atoms with Crippen LogP contribution in [0.15, 0.2) is 53.4 Å². The number of thioether (sulfide) groups is 1. The van der Waals surface area contributed by atoms with Crippen molar-refractivity contribution in [1.82, 2.24) is 10.2 Å². The number of rotatable bonds is 9. The average molecular weight is 461 g/mol. The molecule has 0 bridgehead atoms. The van der Waals surface area contributed by atoms with E-state index in [0.29, 0.717) is 18.0 Å². The van der Waals surface area contributed by atoms with E-state index in [4.69, 9.17) is 11.6 Å². The van der Waals surface area contributed by atoms with Gasteiger partial charge in [0.05, 0.1) is 0 Å². The van der Waals surface area contributed by atoms with Crippen LogP contribution in [0, 0.1) is 6.92 Å². The number of halogens is 1. The molecule has 4 nitrogen and oxygen atoms in total. The van der Waals surface area contributed by atoms with Crippen molar-refractivity contribution < 1.29 is 9.59 Å². The minimum atomic E-state index is -0.544. The molecule has 0 radical (unpaired) electrons. The van der Waals surface area contributed by atoms with Gasteiger partial charge in [0.15, 0.2) is 0 Å². The second-order valence-electron chi connectivity index (χ2n) is 8.83. The summed E-state index contributed by atoms with van der Waals surface area (Å²) in [5.41, 5.74) is 1.84. The van der Waals surface area contributed by atoms with E-state index in [1.54, 1.807) is 23.6 Å². The molecule has 0 spiro atoms. The van der Waals surface area contributed by atoms with Gasteiger partial charge in [0, 0.05) is 28.4 Å². The summed E-state index contributed by atoms with van der Waals surface area (Å²) in [4.78, 5) is 28.7. The zero-order chi connectivity index (χ0) is 23.0. The molecule has 0 aliphatic rings. The molecular weight excluding hydrogens is 428 g/mol. The van der Waals surface area contributed by atoms with Gasteiger partial charge < -0.3 is 10.2 Å². The highest BCUT2D eigenvalue weighted by Crippen LogP contribution is 2.22. The van der Waals surface area contributed by atoms with Crippen LogP contribution < -0.4 is 5.32 Å². The van der Waals surface area contributed by atoms with E-state index in [1.807, 2.05) is 76.2 Å². The third-order valence-corrected chi connectivity index (χ3v) is 6.11. The molecule has 168 valence electrons. The van der Waals surface area contributed by atoms with Crippen LogP contribution in [0.4, 0.5) is 0 Å². The Kier molecular flexibility index (Phi) is 9.45. The van der Waals surface area contributed by atoms with Crippen molar-refractivity contribution in [2.75, 3.05) is 5.75 Å². The topological polar surface area (TPSA) is 49.4 Å². The maximum atomic E-state index is 13.1. The van der Waals surface area contributed by atoms with E-state index >= 15 is 0 Å². The summed E-state index contributed by atoms with van der Waals surface area (Å²) in [6, 6.07) is 15.2. The number of hydrogen-bond donors (Lipinski definition) is 1. The molecule has 1 atom stereocenters. The minimum absolute atomic E-state index is 0.00570. The monoisotopic (exact) mass is 460 g/mol. The third kappa shape index (κ3) is 8.96. The summed E-state index contributed by atoms with van der Waals surface area (Å²) in [6.45, 7) is 10.1. The standard InChI is InChI=1S/C25H33ClN2O2S/c1-18-8-10-20(11-9-18)17-28(19(2)24(30)27-25(3,4)5)23(29)7-6-16-31-22-14-12-21(26)13-15-22/h8-15,19H,6-7,16-17H2,1-5H3,(H,27,30). The second kappa shape index (κ2) is 11.6. The van der Waals surface area contributed by atoms with Gasteiger partial charge in [-0.15, -0.1) is 11.8 Å². The quantitative estimate of drug-likeness (QED) is 0.377. The molecule has 0 aliphatic heterocycles. The third-order valence-electron chi connectivity index (χ3n) is 4.76. The summed E-state index contributed by atoms with van der Waals surface area (Å²) in [6.07, 6.45) is 1.14. The molecule has 1 N–H and O–H groups in total. The number of hydrogen-bond acceptors (Lipinski definition) is 3. The lowest BCUT2D eigenvalue weighted by molar-refractivity contribution is -0.141. The summed E-state index contributed by atoms with van der Waals surface area (Å²) < 4.78 is 0. The lowest BCUT2D eigenvalue weighted by Gasteiger charge is -2.31. The predicted octanol–water partition coefficient (Wildman–Crippen LogP) is 5.85. The van der Waals surface area contributed by atoms with Crippen LogP contribution in [-0.2, 0) is 16.1 Å². The number of nitrogens with zero attached hydrogens (tertiary/aromatic N) is 1. The molecule has 0 saturated heterocycles. The molecule has 2 aromatic rings. The van der Waals surface area contributed by atoms with Gasteiger partial charge in [-0.2, -0.15) is 0 Å². The van der Waals surface area contributed by atoms with E-state index in [1.165, 1.54) is 5.56 Å². The van der Waals surface area contributed by atoms with Crippen molar-refractivity contribution in [3.8, 4) is 0 Å². The first-order valence-electron chi connectivity index (χ1n) is 10.6. The summed E-state index contributed by atoms with van der Waals surface area (Å²) >= 11 is 7.63. The number of amides is 2. The molecule has 2 aromatic carbocycles. The molecule has 2 amide bonds. The van der Waals surface area contributed by atoms with Crippen LogP contribution in [0.1, 0.15) is 51.7 Å². The highest BCUT2D eigenvalue weighted by molar-refractivity contribution is 7.99. The summed E-state index contributed by atoms with van der Waals surface area (Å²) in [5.74, 6) is 0.686. The number of benzene rings is 2. The molecular formula is C25H33ClN2O2S. The normalized spacial score (nSPS) is 12.3. The highest BCUT2D eigenvalue weighted by atomic mass is 35.5. The number of carbonyl (C=O) groups excluding carboxylic acids is 2. The molecule has 0 aromatic heterocycles. The zero-order valence-electron chi connectivity index (χ0n) is 19.1. The van der Waals surface area contributed by atoms with Crippen LogP contribution in [0.25, 0.3) is 0 Å². The predicted molar refractivity (Wildman–Crippen MR) is 130 cm³/mol. The van der Waals surface area contributed by atoms with Gasteiger partial charge in [-0.1, -0.05) is 41.4 Å². The van der Waals surface area contributed by atoms with Crippen molar-refractivity contribution in [2.24, 2.45) is 0 Å². The van der Waals surface area contributed by atoms with Crippen LogP contribution in [0.5, 0.6) is 0 Å². The van der Waals surface area contributed by atoms with Gasteiger partial charge in [-0.05, 0) is 76.6 Å². The molecule has 0 saturated carbocycles. The average Bonchev–Trinajstić information content (AvgIpc) is 2.70. The SMILES string of the molecule is Cc1ccc(CN(C(=O)CCCSc2ccc(Cl)cc2)C(C)C(=O)NC(C)(C)C)cc1. The van der Waals surface area contributed by atoms with Crippen molar-refractivity contribution in [1.29, 1.82) is 0 Å². The fourth-order valence-electron chi connectivity index (χ4n) is 3.03. The Balaban J connectivity index is 2.01. The molecule has 6 heteroatoms. The Morgan fingerprint density at radius 2 is 1.68 bits per heavy atom. The van der Waals surface area contributed by atoms with Gasteiger partial charge in [0.25, 0.3) is 0 Å². The van der Waals surface area contributed by atoms with E-state index in [0.717, 1.165) is 22.6 Å². The van der Waals surface area contributed by atoms with Crippen molar-refractivity contribution in [2.45, 2.75) is 70.5 Å². The van der Waals surface area contributed by atoms with Gasteiger partial charge >= 0.3 is 0 Å². The molecule has 0 fully saturated rings. The first-order chi connectivity index (χ1) is 14.5. The lowest BCUT2D eigenvalue weighted by Crippen LogP contribution is -2.52. The maximum Gasteiger partial charge on any atom is 0.242 e. The van der Waals surface area contributed by atoms with Crippen molar-refractivity contribution >= 4 is 35.2 Å². The Morgan fingerprint density at radius 3 is 2.26 bits per heavy atom. The van der Waals surface area contributed by atoms with E-state index in [-0.39, 0.29) is 17.4 Å². The van der Waals surface area contributed by atoms with E-state index in [9.17, 15) is 9.59 Å². The zero-order valence-corrected chi connectivity index (χ0v) is 20.6. The molecule has 2 rings (SSSR count). The van der Waals surface area contributed by atoms with Gasteiger partial charge in [-0.3, -0.25) is 9.59 Å². The minimum Gasteiger partial charge on any atom is -0.350 e. The summed E-state index contributed by atoms with van der Waals surface area (Å²) in [7, 11) is 0. The van der Waals surface area contributed by atoms with Crippen LogP contribution in [0.2, 0.25) is 5.02 Å². The van der Waals surface area contributed by atoms with E-state index < -0.39 is 6.04 Å². The molecule has 1 unspecified atom stereocenters. The molecule has 0 heterocycles. The largest absolute Gasteiger partial charge is 0.350 e. The number of carbonyl (C=O) groups is 2. The Bertz CT molecular complexity index is 861. The van der Waals surface area contributed by atoms with Crippen LogP contribution in [-0.4, -0.2) is 34.0 Å². The van der Waals surface area contributed by atoms with Crippen LogP contribution >= 0.6 is 23.4 Å². The van der Waals surface area contributed by atoms with Gasteiger partial charge in [-0.25, -0.2) is 0 Å². The Morgan fingerprint density at radius 1 is 1.06 bits per heavy atom. The second-order valence-corrected chi connectivity index (χ2v) is 10.4. The smallest absolute Gasteiger partial charge is 0.242 e. The number of aryl methyl sites for hydroxylation is 1. The van der Waals surface area contributed by atoms with Crippen LogP contribution in [0.3, 0.4) is 0 Å². The van der Waals surface area contributed by atoms with Gasteiger partial charge in [0.1, 0.15) is 6.04 Å². The fraction of sp³-hybridized carbons (Fsp3) is 0.440. The molecule has 31 heavy (non-hydrogen) atoms. The Hall–Kier alpha value is -1.98. The maximum absolute atomic E-state index is 13.1. The summed E-state index contributed by atoms with van der Waals surface area (Å²) in [5, 5.41) is 3.71. The first kappa shape index (κ1) is 25.3. The van der Waals surface area contributed by atoms with Crippen molar-refractivity contribution in [3.63, 3.8) is 0 Å². The van der Waals surface area contributed by atoms with Gasteiger partial charge in [0.2, 0.25) is 11.8 Å². The molecule has 0 aliphatic carbocycles. The van der Waals surface area contributed by atoms with E-state index in [2.05, 4.69) is 5.32 Å². The fourth-order valence-corrected chi connectivity index (χ4v) is 4.01. The Labute approximate surface area is 195 Å². The lowest BCUT2D eigenvalue weighted by atomic mass is 10.1. The van der Waals surface area contributed by atoms with Crippen molar-refractivity contribution in [3.05, 3.63) is 64.7 Å². The first-order valence-corrected chi connectivity index (χ1v) is 12.0. The highest BCUT2D eigenvalue weighted by Gasteiger charge is 2.28. The number of nitrogens with one attached hydrogen (secondary N) is 1.